The topological polar surface area (TPSA) is 17.8 Å². The first-order valence-corrected chi connectivity index (χ1v) is 6.32. The Labute approximate surface area is 92.8 Å². The molecule has 0 spiro atoms. The van der Waals surface area contributed by atoms with Crippen LogP contribution in [0.1, 0.15) is 56.0 Å². The van der Waals surface area contributed by atoms with Crippen molar-refractivity contribution in [2.24, 2.45) is 0 Å². The zero-order chi connectivity index (χ0) is 9.71. The van der Waals surface area contributed by atoms with Crippen LogP contribution in [-0.4, -0.2) is 9.55 Å². The van der Waals surface area contributed by atoms with Gasteiger partial charge >= 0.3 is 0 Å². The van der Waals surface area contributed by atoms with Crippen molar-refractivity contribution >= 4 is 15.9 Å². The molecule has 1 aromatic rings. The van der Waals surface area contributed by atoms with E-state index in [2.05, 4.69) is 27.4 Å². The lowest BCUT2D eigenvalue weighted by Crippen LogP contribution is -2.13. The average Bonchev–Trinajstić information content (AvgIpc) is 2.94. The third kappa shape index (κ3) is 1.25. The molecular formula is C11H15BrN2. The van der Waals surface area contributed by atoms with Gasteiger partial charge in [-0.15, -0.1) is 0 Å². The summed E-state index contributed by atoms with van der Waals surface area (Å²) in [5.41, 5.74) is 1.33. The number of hydrogen-bond acceptors (Lipinski definition) is 1. The molecule has 76 valence electrons. The molecule has 1 saturated carbocycles. The molecule has 2 aliphatic rings. The second kappa shape index (κ2) is 3.09. The van der Waals surface area contributed by atoms with Crippen LogP contribution in [0.5, 0.6) is 0 Å². The lowest BCUT2D eigenvalue weighted by atomic mass is 10.0. The minimum Gasteiger partial charge on any atom is -0.322 e. The third-order valence-electron chi connectivity index (χ3n) is 3.38. The number of aromatic nitrogens is 2. The van der Waals surface area contributed by atoms with Gasteiger partial charge in [-0.25, -0.2) is 4.98 Å². The van der Waals surface area contributed by atoms with E-state index in [4.69, 9.17) is 4.98 Å². The quantitative estimate of drug-likeness (QED) is 0.751. The van der Waals surface area contributed by atoms with E-state index < -0.39 is 0 Å². The molecule has 1 aromatic heterocycles. The number of nitrogens with zero attached hydrogens (tertiary/aromatic N) is 2. The number of rotatable bonds is 1. The maximum Gasteiger partial charge on any atom is 0.112 e. The maximum atomic E-state index is 4.81. The molecule has 1 atom stereocenters. The van der Waals surface area contributed by atoms with Gasteiger partial charge < -0.3 is 4.57 Å². The molecule has 3 rings (SSSR count). The molecule has 1 unspecified atom stereocenters. The SMILES string of the molecule is CC1CCCn2c1nc(C1CC1)c2Br. The highest BCUT2D eigenvalue weighted by molar-refractivity contribution is 9.10. The summed E-state index contributed by atoms with van der Waals surface area (Å²) >= 11 is 3.71. The smallest absolute Gasteiger partial charge is 0.112 e. The normalized spacial score (nSPS) is 26.3. The second-order valence-electron chi connectivity index (χ2n) is 4.62. The molecule has 0 aromatic carbocycles. The van der Waals surface area contributed by atoms with Gasteiger partial charge in [0.2, 0.25) is 0 Å². The van der Waals surface area contributed by atoms with Crippen LogP contribution in [0.25, 0.3) is 0 Å². The zero-order valence-electron chi connectivity index (χ0n) is 8.46. The van der Waals surface area contributed by atoms with E-state index in [9.17, 15) is 0 Å². The first kappa shape index (κ1) is 8.96. The Bertz CT molecular complexity index is 366. The fourth-order valence-electron chi connectivity index (χ4n) is 2.36. The van der Waals surface area contributed by atoms with Gasteiger partial charge in [0.05, 0.1) is 5.69 Å². The molecule has 0 bridgehead atoms. The van der Waals surface area contributed by atoms with Crippen molar-refractivity contribution < 1.29 is 0 Å². The van der Waals surface area contributed by atoms with Crippen LogP contribution in [0.15, 0.2) is 4.60 Å². The van der Waals surface area contributed by atoms with Gasteiger partial charge in [-0.3, -0.25) is 0 Å². The van der Waals surface area contributed by atoms with E-state index in [1.54, 1.807) is 0 Å². The van der Waals surface area contributed by atoms with Crippen LogP contribution in [0, 0.1) is 0 Å². The van der Waals surface area contributed by atoms with Crippen molar-refractivity contribution in [2.45, 2.75) is 51.0 Å². The van der Waals surface area contributed by atoms with E-state index in [0.29, 0.717) is 5.92 Å². The summed E-state index contributed by atoms with van der Waals surface area (Å²) in [6.45, 7) is 3.45. The Balaban J connectivity index is 2.08. The van der Waals surface area contributed by atoms with E-state index in [-0.39, 0.29) is 0 Å². The van der Waals surface area contributed by atoms with E-state index in [1.807, 2.05) is 0 Å². The van der Waals surface area contributed by atoms with Gasteiger partial charge in [-0.1, -0.05) is 6.92 Å². The standard InChI is InChI=1S/C11H15BrN2/c1-7-3-2-6-14-10(12)9(8-4-5-8)13-11(7)14/h7-8H,2-6H2,1H3. The molecule has 0 N–H and O–H groups in total. The van der Waals surface area contributed by atoms with Gasteiger partial charge in [-0.05, 0) is 41.6 Å². The van der Waals surface area contributed by atoms with Crippen molar-refractivity contribution in [1.82, 2.24) is 9.55 Å². The van der Waals surface area contributed by atoms with Gasteiger partial charge in [0.25, 0.3) is 0 Å². The Morgan fingerprint density at radius 3 is 2.79 bits per heavy atom. The van der Waals surface area contributed by atoms with Gasteiger partial charge in [0, 0.05) is 18.4 Å². The molecule has 0 saturated heterocycles. The molecular weight excluding hydrogens is 240 g/mol. The van der Waals surface area contributed by atoms with Crippen LogP contribution in [0.2, 0.25) is 0 Å². The largest absolute Gasteiger partial charge is 0.322 e. The van der Waals surface area contributed by atoms with E-state index >= 15 is 0 Å². The summed E-state index contributed by atoms with van der Waals surface area (Å²) in [7, 11) is 0. The molecule has 1 aliphatic carbocycles. The molecule has 0 radical (unpaired) electrons. The summed E-state index contributed by atoms with van der Waals surface area (Å²) in [5, 5.41) is 0. The molecule has 14 heavy (non-hydrogen) atoms. The molecule has 2 nitrogen and oxygen atoms in total. The predicted molar refractivity (Wildman–Crippen MR) is 59.6 cm³/mol. The Kier molecular flexibility index (Phi) is 1.98. The highest BCUT2D eigenvalue weighted by atomic mass is 79.9. The summed E-state index contributed by atoms with van der Waals surface area (Å²) in [6, 6.07) is 0. The summed E-state index contributed by atoms with van der Waals surface area (Å²) in [4.78, 5) is 4.81. The lowest BCUT2D eigenvalue weighted by molar-refractivity contribution is 0.459. The zero-order valence-corrected chi connectivity index (χ0v) is 10.0. The first-order chi connectivity index (χ1) is 6.77. The van der Waals surface area contributed by atoms with Crippen LogP contribution >= 0.6 is 15.9 Å². The van der Waals surface area contributed by atoms with Gasteiger partial charge in [0.15, 0.2) is 0 Å². The number of imidazole rings is 1. The number of fused-ring (bicyclic) bond motifs is 1. The summed E-state index contributed by atoms with van der Waals surface area (Å²) in [6.07, 6.45) is 5.27. The fraction of sp³-hybridized carbons (Fsp3) is 0.727. The van der Waals surface area contributed by atoms with Crippen LogP contribution in [0.3, 0.4) is 0 Å². The maximum absolute atomic E-state index is 4.81. The molecule has 1 aliphatic heterocycles. The van der Waals surface area contributed by atoms with Crippen LogP contribution in [-0.2, 0) is 6.54 Å². The first-order valence-electron chi connectivity index (χ1n) is 5.53. The molecule has 1 fully saturated rings. The van der Waals surface area contributed by atoms with Crippen LogP contribution < -0.4 is 0 Å². The minimum atomic E-state index is 0.646. The summed E-state index contributed by atoms with van der Waals surface area (Å²) < 4.78 is 3.64. The Hall–Kier alpha value is -0.310. The predicted octanol–water partition coefficient (Wildman–Crippen LogP) is 3.42. The highest BCUT2D eigenvalue weighted by Crippen LogP contribution is 2.44. The van der Waals surface area contributed by atoms with Crippen molar-refractivity contribution in [1.29, 1.82) is 0 Å². The van der Waals surface area contributed by atoms with Gasteiger partial charge in [-0.2, -0.15) is 0 Å². The van der Waals surface area contributed by atoms with E-state index in [1.165, 1.54) is 41.8 Å². The monoisotopic (exact) mass is 254 g/mol. The van der Waals surface area contributed by atoms with Crippen molar-refractivity contribution in [3.8, 4) is 0 Å². The summed E-state index contributed by atoms with van der Waals surface area (Å²) in [5.74, 6) is 2.72. The molecule has 0 amide bonds. The minimum absolute atomic E-state index is 0.646. The average molecular weight is 255 g/mol. The van der Waals surface area contributed by atoms with Crippen molar-refractivity contribution in [3.05, 3.63) is 16.1 Å². The van der Waals surface area contributed by atoms with E-state index in [0.717, 1.165) is 12.5 Å². The van der Waals surface area contributed by atoms with Crippen LogP contribution in [0.4, 0.5) is 0 Å². The second-order valence-corrected chi connectivity index (χ2v) is 5.37. The Morgan fingerprint density at radius 2 is 2.14 bits per heavy atom. The van der Waals surface area contributed by atoms with Crippen molar-refractivity contribution in [3.63, 3.8) is 0 Å². The highest BCUT2D eigenvalue weighted by Gasteiger charge is 2.32. The Morgan fingerprint density at radius 1 is 1.36 bits per heavy atom. The molecule has 2 heterocycles. The molecule has 3 heteroatoms. The van der Waals surface area contributed by atoms with Gasteiger partial charge in [0.1, 0.15) is 10.4 Å². The van der Waals surface area contributed by atoms with Crippen molar-refractivity contribution in [2.75, 3.05) is 0 Å². The lowest BCUT2D eigenvalue weighted by Gasteiger charge is -2.20. The number of hydrogen-bond donors (Lipinski definition) is 0. The third-order valence-corrected chi connectivity index (χ3v) is 4.22. The fourth-order valence-corrected chi connectivity index (χ4v) is 3.13. The number of halogens is 1.